The molecule has 0 saturated carbocycles. The molecule has 22 heavy (non-hydrogen) atoms. The van der Waals surface area contributed by atoms with Crippen LogP contribution >= 0.6 is 0 Å². The molecule has 2 rings (SSSR count). The number of H-pyrrole nitrogens is 1. The van der Waals surface area contributed by atoms with Gasteiger partial charge in [-0.15, -0.1) is 0 Å². The van der Waals surface area contributed by atoms with Gasteiger partial charge in [0.25, 0.3) is 11.5 Å². The molecule has 1 amide bonds. The van der Waals surface area contributed by atoms with Crippen LogP contribution in [0.5, 0.6) is 5.75 Å². The lowest BCUT2D eigenvalue weighted by Gasteiger charge is -2.15. The molecule has 1 aromatic carbocycles. The minimum atomic E-state index is -0.462. The number of halogens is 1. The fourth-order valence-corrected chi connectivity index (χ4v) is 1.87. The lowest BCUT2D eigenvalue weighted by Crippen LogP contribution is -2.36. The average molecular weight is 304 g/mol. The summed E-state index contributed by atoms with van der Waals surface area (Å²) in [4.78, 5) is 26.2. The van der Waals surface area contributed by atoms with Crippen LogP contribution in [0.2, 0.25) is 0 Å². The summed E-state index contributed by atoms with van der Waals surface area (Å²) in [5.74, 6) is -0.293. The summed E-state index contributed by atoms with van der Waals surface area (Å²) in [7, 11) is 0. The molecule has 0 aliphatic rings. The van der Waals surface area contributed by atoms with E-state index in [0.29, 0.717) is 11.4 Å². The second-order valence-corrected chi connectivity index (χ2v) is 4.98. The summed E-state index contributed by atoms with van der Waals surface area (Å²) in [5.41, 5.74) is 0.318. The molecule has 116 valence electrons. The number of carbonyl (C=O) groups is 1. The van der Waals surface area contributed by atoms with E-state index in [1.807, 2.05) is 0 Å². The van der Waals surface area contributed by atoms with Crippen LogP contribution in [-0.2, 0) is 0 Å². The second kappa shape index (κ2) is 6.89. The first-order valence-corrected chi connectivity index (χ1v) is 6.86. The number of amides is 1. The molecule has 2 N–H and O–H groups in total. The van der Waals surface area contributed by atoms with Crippen LogP contribution in [0.1, 0.15) is 23.0 Å². The van der Waals surface area contributed by atoms with E-state index in [-0.39, 0.29) is 24.0 Å². The Morgan fingerprint density at radius 2 is 1.95 bits per heavy atom. The van der Waals surface area contributed by atoms with Crippen molar-refractivity contribution in [2.45, 2.75) is 20.0 Å². The third-order valence-electron chi connectivity index (χ3n) is 3.00. The molecule has 1 atom stereocenters. The summed E-state index contributed by atoms with van der Waals surface area (Å²) in [6, 6.07) is 8.76. The second-order valence-electron chi connectivity index (χ2n) is 4.98. The zero-order valence-electron chi connectivity index (χ0n) is 12.4. The fourth-order valence-electron chi connectivity index (χ4n) is 1.87. The smallest absolute Gasteiger partial charge is 0.260 e. The zero-order chi connectivity index (χ0) is 16.1. The maximum Gasteiger partial charge on any atom is 0.260 e. The summed E-state index contributed by atoms with van der Waals surface area (Å²) >= 11 is 0. The predicted molar refractivity (Wildman–Crippen MR) is 80.6 cm³/mol. The van der Waals surface area contributed by atoms with Gasteiger partial charge in [-0.25, -0.2) is 4.39 Å². The molecule has 5 nitrogen and oxygen atoms in total. The Labute approximate surface area is 127 Å². The number of rotatable bonds is 5. The van der Waals surface area contributed by atoms with Crippen molar-refractivity contribution in [2.75, 3.05) is 6.54 Å². The number of hydrogen-bond acceptors (Lipinski definition) is 3. The van der Waals surface area contributed by atoms with Crippen LogP contribution in [0.3, 0.4) is 0 Å². The van der Waals surface area contributed by atoms with Gasteiger partial charge in [0.05, 0.1) is 6.54 Å². The van der Waals surface area contributed by atoms with Gasteiger partial charge >= 0.3 is 0 Å². The van der Waals surface area contributed by atoms with Crippen LogP contribution in [0.4, 0.5) is 4.39 Å². The van der Waals surface area contributed by atoms with Crippen LogP contribution in [0, 0.1) is 12.7 Å². The van der Waals surface area contributed by atoms with E-state index < -0.39 is 11.5 Å². The van der Waals surface area contributed by atoms with E-state index in [4.69, 9.17) is 4.74 Å². The van der Waals surface area contributed by atoms with Crippen molar-refractivity contribution in [3.05, 3.63) is 63.8 Å². The molecule has 0 radical (unpaired) electrons. The van der Waals surface area contributed by atoms with Crippen LogP contribution in [0.25, 0.3) is 0 Å². The van der Waals surface area contributed by atoms with Crippen molar-refractivity contribution in [1.29, 1.82) is 0 Å². The van der Waals surface area contributed by atoms with Gasteiger partial charge in [-0.2, -0.15) is 0 Å². The van der Waals surface area contributed by atoms with Crippen molar-refractivity contribution in [1.82, 2.24) is 10.3 Å². The number of benzene rings is 1. The van der Waals surface area contributed by atoms with Crippen molar-refractivity contribution >= 4 is 5.91 Å². The van der Waals surface area contributed by atoms with Crippen LogP contribution in [0.15, 0.2) is 41.2 Å². The Balaban J connectivity index is 1.90. The highest BCUT2D eigenvalue weighted by Crippen LogP contribution is 2.12. The number of nitrogens with one attached hydrogen (secondary N) is 2. The maximum atomic E-state index is 12.8. The van der Waals surface area contributed by atoms with E-state index in [2.05, 4.69) is 10.3 Å². The zero-order valence-corrected chi connectivity index (χ0v) is 12.4. The number of ether oxygens (including phenoxy) is 1. The number of aryl methyl sites for hydroxylation is 1. The molecule has 0 bridgehead atoms. The van der Waals surface area contributed by atoms with E-state index >= 15 is 0 Å². The number of hydrogen-bond donors (Lipinski definition) is 2. The fraction of sp³-hybridized carbons (Fsp3) is 0.250. The van der Waals surface area contributed by atoms with E-state index in [9.17, 15) is 14.0 Å². The molecule has 6 heteroatoms. The third-order valence-corrected chi connectivity index (χ3v) is 3.00. The first kappa shape index (κ1) is 15.8. The summed E-state index contributed by atoms with van der Waals surface area (Å²) in [6.07, 6.45) is -0.320. The highest BCUT2D eigenvalue weighted by atomic mass is 19.1. The van der Waals surface area contributed by atoms with Gasteiger partial charge in [-0.1, -0.05) is 0 Å². The number of carbonyl (C=O) groups excluding carboxylic acids is 1. The minimum Gasteiger partial charge on any atom is -0.489 e. The Morgan fingerprint density at radius 3 is 2.59 bits per heavy atom. The van der Waals surface area contributed by atoms with Gasteiger partial charge < -0.3 is 15.0 Å². The predicted octanol–water partition coefficient (Wildman–Crippen LogP) is 2.02. The molecule has 0 fully saturated rings. The van der Waals surface area contributed by atoms with E-state index in [1.54, 1.807) is 19.9 Å². The third kappa shape index (κ3) is 4.18. The summed E-state index contributed by atoms with van der Waals surface area (Å²) < 4.78 is 18.3. The Bertz CT molecular complexity index is 710. The monoisotopic (exact) mass is 304 g/mol. The van der Waals surface area contributed by atoms with E-state index in [1.165, 1.54) is 30.3 Å². The van der Waals surface area contributed by atoms with Crippen molar-refractivity contribution in [2.24, 2.45) is 0 Å². The van der Waals surface area contributed by atoms with Crippen molar-refractivity contribution < 1.29 is 13.9 Å². The maximum absolute atomic E-state index is 12.8. The summed E-state index contributed by atoms with van der Waals surface area (Å²) in [6.45, 7) is 3.73. The van der Waals surface area contributed by atoms with Crippen LogP contribution in [-0.4, -0.2) is 23.5 Å². The lowest BCUT2D eigenvalue weighted by molar-refractivity contribution is 0.0930. The highest BCUT2D eigenvalue weighted by molar-refractivity contribution is 5.93. The van der Waals surface area contributed by atoms with Gasteiger partial charge in [-0.3, -0.25) is 9.59 Å². The molecule has 0 spiro atoms. The largest absolute Gasteiger partial charge is 0.489 e. The normalized spacial score (nSPS) is 11.8. The van der Waals surface area contributed by atoms with Gasteiger partial charge in [0.1, 0.15) is 23.2 Å². The number of aromatic amines is 1. The number of pyridine rings is 1. The van der Waals surface area contributed by atoms with Gasteiger partial charge in [0, 0.05) is 5.69 Å². The Hall–Kier alpha value is -2.63. The van der Waals surface area contributed by atoms with Crippen molar-refractivity contribution in [3.8, 4) is 5.75 Å². The van der Waals surface area contributed by atoms with Gasteiger partial charge in [0.15, 0.2) is 0 Å². The lowest BCUT2D eigenvalue weighted by atomic mass is 10.2. The number of aromatic nitrogens is 1. The molecule has 0 saturated heterocycles. The molecular formula is C16H17FN2O3. The van der Waals surface area contributed by atoms with Gasteiger partial charge in [0.2, 0.25) is 0 Å². The van der Waals surface area contributed by atoms with Crippen LogP contribution < -0.4 is 15.6 Å². The van der Waals surface area contributed by atoms with E-state index in [0.717, 1.165) is 0 Å². The molecule has 1 aromatic heterocycles. The SMILES string of the molecule is Cc1ccc(C(=O)NC[C@H](C)Oc2ccc(F)cc2)c(=O)[nH]1. The van der Waals surface area contributed by atoms with Crippen molar-refractivity contribution in [3.63, 3.8) is 0 Å². The molecular weight excluding hydrogens is 287 g/mol. The topological polar surface area (TPSA) is 71.2 Å². The molecule has 0 unspecified atom stereocenters. The molecule has 1 heterocycles. The quantitative estimate of drug-likeness (QED) is 0.888. The molecule has 0 aliphatic heterocycles. The Kier molecular flexibility index (Phi) is 4.93. The minimum absolute atomic E-state index is 0.0552. The van der Waals surface area contributed by atoms with Gasteiger partial charge in [-0.05, 0) is 50.2 Å². The average Bonchev–Trinajstić information content (AvgIpc) is 2.47. The first-order valence-electron chi connectivity index (χ1n) is 6.86. The highest BCUT2D eigenvalue weighted by Gasteiger charge is 2.12. The standard InChI is InChI=1S/C16H17FN2O3/c1-10-3-8-14(16(21)19-10)15(20)18-9-11(2)22-13-6-4-12(17)5-7-13/h3-8,11H,9H2,1-2H3,(H,18,20)(H,19,21)/t11-/m0/s1. The Morgan fingerprint density at radius 1 is 1.27 bits per heavy atom. The molecule has 0 aliphatic carbocycles. The summed E-state index contributed by atoms with van der Waals surface area (Å²) in [5, 5.41) is 2.63. The first-order chi connectivity index (χ1) is 10.5. The molecule has 2 aromatic rings.